The predicted molar refractivity (Wildman–Crippen MR) is 70.3 cm³/mol. The maximum atomic E-state index is 2.47. The van der Waals surface area contributed by atoms with Gasteiger partial charge in [0.2, 0.25) is 0 Å². The van der Waals surface area contributed by atoms with Gasteiger partial charge in [0.1, 0.15) is 0 Å². The average Bonchev–Trinajstić information content (AvgIpc) is 2.21. The molecular weight excluding hydrogens is 200 g/mol. The molecule has 0 saturated carbocycles. The molecule has 0 radical (unpaired) electrons. The van der Waals surface area contributed by atoms with Gasteiger partial charge in [0.15, 0.2) is 0 Å². The third-order valence-corrected chi connectivity index (χ3v) is 18.4. The van der Waals surface area contributed by atoms with Gasteiger partial charge in [-0.2, -0.15) is 0 Å². The molecule has 14 heavy (non-hydrogen) atoms. The van der Waals surface area contributed by atoms with Crippen LogP contribution in [0.2, 0.25) is 24.2 Å². The van der Waals surface area contributed by atoms with E-state index in [1.165, 1.54) is 0 Å². The molecule has 2 aliphatic heterocycles. The van der Waals surface area contributed by atoms with Crippen LogP contribution >= 0.6 is 0 Å². The molecule has 2 rings (SSSR count). The van der Waals surface area contributed by atoms with Crippen LogP contribution in [0.3, 0.4) is 0 Å². The maximum Gasteiger partial charge on any atom is 0.0280 e. The van der Waals surface area contributed by atoms with Crippen molar-refractivity contribution in [1.82, 2.24) is 0 Å². The van der Waals surface area contributed by atoms with Crippen LogP contribution < -0.4 is 0 Å². The Balaban J connectivity index is 1.78. The summed E-state index contributed by atoms with van der Waals surface area (Å²) in [5.74, 6) is 2.16. The molecule has 2 fully saturated rings. The largest absolute Gasteiger partial charge is 0.0625 e. The Morgan fingerprint density at radius 2 is 0.929 bits per heavy atom. The summed E-state index contributed by atoms with van der Waals surface area (Å²) in [4.78, 5) is 0. The van der Waals surface area contributed by atoms with Crippen LogP contribution in [0.25, 0.3) is 0 Å². The molecular formula is C12H26Si2. The summed E-state index contributed by atoms with van der Waals surface area (Å²) in [5.41, 5.74) is 0. The SMILES string of the molecule is CC1CC[SiH]([SiH]2CCC(C)CC2)CC1. The lowest BCUT2D eigenvalue weighted by atomic mass is 10.1. The summed E-state index contributed by atoms with van der Waals surface area (Å²) >= 11 is 0. The Bertz CT molecular complexity index is 145. The van der Waals surface area contributed by atoms with Gasteiger partial charge in [0.05, 0.1) is 0 Å². The fourth-order valence-corrected chi connectivity index (χ4v) is 17.9. The summed E-state index contributed by atoms with van der Waals surface area (Å²) < 4.78 is 0. The smallest absolute Gasteiger partial charge is 0.0280 e. The van der Waals surface area contributed by atoms with E-state index in [0.29, 0.717) is 0 Å². The van der Waals surface area contributed by atoms with Crippen molar-refractivity contribution in [2.24, 2.45) is 11.8 Å². The number of hydrogen-bond donors (Lipinski definition) is 0. The lowest BCUT2D eigenvalue weighted by Crippen LogP contribution is -2.40. The highest BCUT2D eigenvalue weighted by Gasteiger charge is 2.30. The maximum absolute atomic E-state index is 2.47. The van der Waals surface area contributed by atoms with Crippen molar-refractivity contribution in [2.45, 2.75) is 63.7 Å². The van der Waals surface area contributed by atoms with Gasteiger partial charge in [0.25, 0.3) is 0 Å². The van der Waals surface area contributed by atoms with E-state index < -0.39 is 0 Å². The molecule has 0 aromatic carbocycles. The van der Waals surface area contributed by atoms with Crippen molar-refractivity contribution in [1.29, 1.82) is 0 Å². The van der Waals surface area contributed by atoms with Gasteiger partial charge in [-0.3, -0.25) is 0 Å². The summed E-state index contributed by atoms with van der Waals surface area (Å²) in [7, 11) is -0.269. The summed E-state index contributed by atoms with van der Waals surface area (Å²) in [6.45, 7) is 4.93. The van der Waals surface area contributed by atoms with E-state index in [1.54, 1.807) is 49.9 Å². The Labute approximate surface area is 92.5 Å². The molecule has 0 spiro atoms. The topological polar surface area (TPSA) is 0 Å². The molecule has 0 amide bonds. The zero-order valence-electron chi connectivity index (χ0n) is 9.97. The van der Waals surface area contributed by atoms with Gasteiger partial charge in [-0.25, -0.2) is 0 Å². The Hall–Kier alpha value is 0.434. The van der Waals surface area contributed by atoms with Crippen LogP contribution in [-0.2, 0) is 0 Å². The van der Waals surface area contributed by atoms with Crippen molar-refractivity contribution >= 4 is 16.6 Å². The van der Waals surface area contributed by atoms with Crippen LogP contribution in [0.5, 0.6) is 0 Å². The lowest BCUT2D eigenvalue weighted by molar-refractivity contribution is 0.512. The van der Waals surface area contributed by atoms with Crippen molar-refractivity contribution in [3.05, 3.63) is 0 Å². The van der Waals surface area contributed by atoms with Crippen LogP contribution in [0.15, 0.2) is 0 Å². The standard InChI is InChI=1S/C12H26Si2/c1-11-3-7-13(8-4-11)14-9-5-12(2)6-10-14/h11-14H,3-10H2,1-2H3. The fraction of sp³-hybridized carbons (Fsp3) is 1.00. The van der Waals surface area contributed by atoms with Gasteiger partial charge in [-0.15, -0.1) is 0 Å². The zero-order chi connectivity index (χ0) is 9.97. The van der Waals surface area contributed by atoms with Gasteiger partial charge >= 0.3 is 0 Å². The van der Waals surface area contributed by atoms with Crippen LogP contribution in [-0.4, -0.2) is 16.6 Å². The van der Waals surface area contributed by atoms with E-state index in [9.17, 15) is 0 Å². The van der Waals surface area contributed by atoms with Gasteiger partial charge in [-0.1, -0.05) is 63.7 Å². The number of rotatable bonds is 1. The van der Waals surface area contributed by atoms with E-state index in [4.69, 9.17) is 0 Å². The third kappa shape index (κ3) is 2.72. The van der Waals surface area contributed by atoms with Crippen molar-refractivity contribution in [3.8, 4) is 0 Å². The minimum Gasteiger partial charge on any atom is -0.0625 e. The Morgan fingerprint density at radius 1 is 0.643 bits per heavy atom. The average molecular weight is 227 g/mol. The minimum atomic E-state index is -0.134. The first-order chi connectivity index (χ1) is 6.75. The molecule has 0 nitrogen and oxygen atoms in total. The minimum absolute atomic E-state index is 0.134. The highest BCUT2D eigenvalue weighted by Crippen LogP contribution is 2.32. The molecule has 2 aliphatic rings. The second-order valence-corrected chi connectivity index (χ2v) is 17.0. The van der Waals surface area contributed by atoms with E-state index in [1.807, 2.05) is 0 Å². The van der Waals surface area contributed by atoms with Gasteiger partial charge < -0.3 is 0 Å². The second kappa shape index (κ2) is 4.97. The molecule has 2 saturated heterocycles. The quantitative estimate of drug-likeness (QED) is 0.601. The normalized spacial score (nSPS) is 45.0. The van der Waals surface area contributed by atoms with Gasteiger partial charge in [-0.05, 0) is 11.8 Å². The van der Waals surface area contributed by atoms with E-state index in [0.717, 1.165) is 11.8 Å². The van der Waals surface area contributed by atoms with E-state index in [-0.39, 0.29) is 16.6 Å². The highest BCUT2D eigenvalue weighted by atomic mass is 29.2. The molecule has 0 unspecified atom stereocenters. The fourth-order valence-electron chi connectivity index (χ4n) is 3.51. The second-order valence-electron chi connectivity index (χ2n) is 6.04. The Kier molecular flexibility index (Phi) is 3.89. The molecule has 0 aromatic heterocycles. The molecule has 0 atom stereocenters. The first kappa shape index (κ1) is 10.9. The van der Waals surface area contributed by atoms with Crippen LogP contribution in [0.1, 0.15) is 39.5 Å². The van der Waals surface area contributed by atoms with E-state index >= 15 is 0 Å². The van der Waals surface area contributed by atoms with Crippen LogP contribution in [0, 0.1) is 11.8 Å². The molecule has 0 N–H and O–H groups in total. The first-order valence-electron chi connectivity index (χ1n) is 6.75. The van der Waals surface area contributed by atoms with Crippen molar-refractivity contribution in [2.75, 3.05) is 0 Å². The third-order valence-electron chi connectivity index (χ3n) is 4.79. The molecule has 0 aromatic rings. The van der Waals surface area contributed by atoms with Crippen molar-refractivity contribution in [3.63, 3.8) is 0 Å². The lowest BCUT2D eigenvalue weighted by Gasteiger charge is -2.34. The Morgan fingerprint density at radius 3 is 1.21 bits per heavy atom. The molecule has 0 bridgehead atoms. The van der Waals surface area contributed by atoms with Crippen molar-refractivity contribution < 1.29 is 0 Å². The molecule has 0 aliphatic carbocycles. The summed E-state index contributed by atoms with van der Waals surface area (Å²) in [6.07, 6.45) is 6.43. The number of hydrogen-bond acceptors (Lipinski definition) is 0. The monoisotopic (exact) mass is 226 g/mol. The predicted octanol–water partition coefficient (Wildman–Crippen LogP) is 3.38. The first-order valence-corrected chi connectivity index (χ1v) is 12.7. The van der Waals surface area contributed by atoms with Gasteiger partial charge in [0, 0.05) is 16.6 Å². The molecule has 82 valence electrons. The summed E-state index contributed by atoms with van der Waals surface area (Å²) in [5, 5.41) is 0. The highest BCUT2D eigenvalue weighted by molar-refractivity contribution is 7.22. The molecule has 2 heteroatoms. The zero-order valence-corrected chi connectivity index (χ0v) is 12.3. The van der Waals surface area contributed by atoms with Crippen LogP contribution in [0.4, 0.5) is 0 Å². The molecule has 2 heterocycles. The summed E-state index contributed by atoms with van der Waals surface area (Å²) in [6, 6.07) is 6.97. The van der Waals surface area contributed by atoms with E-state index in [2.05, 4.69) is 13.8 Å².